The second-order valence-corrected chi connectivity index (χ2v) is 4.05. The van der Waals surface area contributed by atoms with Crippen LogP contribution in [0, 0.1) is 0 Å². The monoisotopic (exact) mass is 218 g/mol. The Morgan fingerprint density at radius 3 is 2.62 bits per heavy atom. The number of nitrogens with two attached hydrogens (primary N) is 1. The molecule has 1 aliphatic rings. The predicted molar refractivity (Wildman–Crippen MR) is 59.6 cm³/mol. The molecule has 0 heterocycles. The molecule has 1 aromatic rings. The van der Waals surface area contributed by atoms with Crippen molar-refractivity contribution < 1.29 is 9.59 Å². The fourth-order valence-corrected chi connectivity index (χ4v) is 2.08. The minimum Gasteiger partial charge on any atom is -0.361 e. The van der Waals surface area contributed by atoms with Gasteiger partial charge in [0.15, 0.2) is 0 Å². The average molecular weight is 218 g/mol. The maximum absolute atomic E-state index is 11.1. The minimum absolute atomic E-state index is 0.0231. The van der Waals surface area contributed by atoms with Crippen molar-refractivity contribution in [1.29, 1.82) is 0 Å². The van der Waals surface area contributed by atoms with Crippen molar-refractivity contribution in [1.82, 2.24) is 5.32 Å². The number of nitrogens with one attached hydrogen (secondary N) is 1. The number of carbonyl (C=O) groups excluding carboxylic acids is 2. The Bertz CT molecular complexity index is 429. The zero-order chi connectivity index (χ0) is 11.5. The van der Waals surface area contributed by atoms with Crippen LogP contribution < -0.4 is 11.1 Å². The fourth-order valence-electron chi connectivity index (χ4n) is 2.08. The van der Waals surface area contributed by atoms with Gasteiger partial charge in [0.1, 0.15) is 0 Å². The number of benzene rings is 1. The first-order valence-corrected chi connectivity index (χ1v) is 5.34. The van der Waals surface area contributed by atoms with Crippen molar-refractivity contribution in [2.45, 2.75) is 25.3 Å². The molecule has 0 aromatic heterocycles. The molecule has 0 spiro atoms. The number of primary amides is 1. The molecule has 84 valence electrons. The van der Waals surface area contributed by atoms with E-state index in [0.717, 1.165) is 19.3 Å². The van der Waals surface area contributed by atoms with E-state index in [1.807, 2.05) is 12.1 Å². The average Bonchev–Trinajstić information content (AvgIpc) is 2.28. The first-order valence-electron chi connectivity index (χ1n) is 5.34. The van der Waals surface area contributed by atoms with Gasteiger partial charge in [0.25, 0.3) is 0 Å². The van der Waals surface area contributed by atoms with Gasteiger partial charge in [0.05, 0.1) is 0 Å². The van der Waals surface area contributed by atoms with Crippen LogP contribution in [0.15, 0.2) is 24.3 Å². The van der Waals surface area contributed by atoms with Crippen LogP contribution in [0.4, 0.5) is 0 Å². The van der Waals surface area contributed by atoms with Crippen LogP contribution in [0.25, 0.3) is 0 Å². The van der Waals surface area contributed by atoms with Crippen molar-refractivity contribution in [2.75, 3.05) is 0 Å². The highest BCUT2D eigenvalue weighted by Crippen LogP contribution is 2.20. The third-order valence-corrected chi connectivity index (χ3v) is 2.91. The van der Waals surface area contributed by atoms with E-state index in [-0.39, 0.29) is 6.04 Å². The van der Waals surface area contributed by atoms with Crippen molar-refractivity contribution in [3.63, 3.8) is 0 Å². The normalized spacial score (nSPS) is 18.6. The standard InChI is InChI=1S/C12H14N2O2/c13-11(15)12(16)14-10-6-5-8-3-1-2-4-9(8)7-10/h1-4,10H,5-7H2,(H2,13,15)(H,14,16)/t10-/m0/s1. The van der Waals surface area contributed by atoms with Gasteiger partial charge in [0.2, 0.25) is 0 Å². The smallest absolute Gasteiger partial charge is 0.309 e. The highest BCUT2D eigenvalue weighted by atomic mass is 16.2. The van der Waals surface area contributed by atoms with Crippen molar-refractivity contribution in [2.24, 2.45) is 5.73 Å². The Labute approximate surface area is 93.8 Å². The lowest BCUT2D eigenvalue weighted by atomic mass is 9.88. The van der Waals surface area contributed by atoms with E-state index < -0.39 is 11.8 Å². The summed E-state index contributed by atoms with van der Waals surface area (Å²) in [6.45, 7) is 0. The number of amides is 2. The Balaban J connectivity index is 2.03. The summed E-state index contributed by atoms with van der Waals surface area (Å²) >= 11 is 0. The predicted octanol–water partition coefficient (Wildman–Crippen LogP) is 0.145. The molecule has 0 saturated heterocycles. The van der Waals surface area contributed by atoms with Crippen LogP contribution in [-0.4, -0.2) is 17.9 Å². The van der Waals surface area contributed by atoms with E-state index in [2.05, 4.69) is 17.4 Å². The van der Waals surface area contributed by atoms with Crippen LogP contribution in [-0.2, 0) is 22.4 Å². The summed E-state index contributed by atoms with van der Waals surface area (Å²) in [4.78, 5) is 21.8. The summed E-state index contributed by atoms with van der Waals surface area (Å²) in [6.07, 6.45) is 2.56. The van der Waals surface area contributed by atoms with Gasteiger partial charge >= 0.3 is 11.8 Å². The summed E-state index contributed by atoms with van der Waals surface area (Å²) in [6, 6.07) is 8.17. The number of aryl methyl sites for hydroxylation is 1. The number of carbonyl (C=O) groups is 2. The Kier molecular flexibility index (Phi) is 2.90. The van der Waals surface area contributed by atoms with E-state index >= 15 is 0 Å². The van der Waals surface area contributed by atoms with Crippen molar-refractivity contribution >= 4 is 11.8 Å². The highest BCUT2D eigenvalue weighted by molar-refractivity contribution is 6.34. The molecule has 0 aliphatic heterocycles. The number of fused-ring (bicyclic) bond motifs is 1. The van der Waals surface area contributed by atoms with Gasteiger partial charge < -0.3 is 11.1 Å². The minimum atomic E-state index is -0.918. The molecule has 4 nitrogen and oxygen atoms in total. The molecule has 2 amide bonds. The maximum atomic E-state index is 11.1. The van der Waals surface area contributed by atoms with E-state index in [9.17, 15) is 9.59 Å². The van der Waals surface area contributed by atoms with Crippen LogP contribution in [0.1, 0.15) is 17.5 Å². The number of hydrogen-bond donors (Lipinski definition) is 2. The SMILES string of the molecule is NC(=O)C(=O)N[C@H]1CCc2ccccc2C1. The molecule has 4 heteroatoms. The molecule has 2 rings (SSSR count). The molecule has 0 saturated carbocycles. The quantitative estimate of drug-likeness (QED) is 0.658. The summed E-state index contributed by atoms with van der Waals surface area (Å²) in [5.41, 5.74) is 7.46. The van der Waals surface area contributed by atoms with Crippen LogP contribution in [0.2, 0.25) is 0 Å². The summed E-state index contributed by atoms with van der Waals surface area (Å²) in [5.74, 6) is -1.61. The molecule has 3 N–H and O–H groups in total. The Hall–Kier alpha value is -1.84. The van der Waals surface area contributed by atoms with E-state index in [1.54, 1.807) is 0 Å². The second-order valence-electron chi connectivity index (χ2n) is 4.05. The van der Waals surface area contributed by atoms with Crippen molar-refractivity contribution in [3.05, 3.63) is 35.4 Å². The Morgan fingerprint density at radius 1 is 1.25 bits per heavy atom. The molecule has 0 unspecified atom stereocenters. The van der Waals surface area contributed by atoms with Gasteiger partial charge in [-0.05, 0) is 30.4 Å². The second kappa shape index (κ2) is 4.35. The zero-order valence-electron chi connectivity index (χ0n) is 8.90. The van der Waals surface area contributed by atoms with E-state index in [0.29, 0.717) is 0 Å². The molecular formula is C12H14N2O2. The van der Waals surface area contributed by atoms with Gasteiger partial charge in [-0.3, -0.25) is 9.59 Å². The molecule has 1 aromatic carbocycles. The van der Waals surface area contributed by atoms with Gasteiger partial charge in [-0.1, -0.05) is 24.3 Å². The first-order chi connectivity index (χ1) is 7.66. The molecular weight excluding hydrogens is 204 g/mol. The number of rotatable bonds is 1. The molecule has 1 atom stereocenters. The molecule has 0 radical (unpaired) electrons. The third kappa shape index (κ3) is 2.21. The van der Waals surface area contributed by atoms with E-state index in [4.69, 9.17) is 5.73 Å². The lowest BCUT2D eigenvalue weighted by Crippen LogP contribution is -2.44. The Morgan fingerprint density at radius 2 is 1.94 bits per heavy atom. The summed E-state index contributed by atoms with van der Waals surface area (Å²) in [7, 11) is 0. The molecule has 0 bridgehead atoms. The lowest BCUT2D eigenvalue weighted by molar-refractivity contribution is -0.137. The largest absolute Gasteiger partial charge is 0.361 e. The first kappa shape index (κ1) is 10.7. The van der Waals surface area contributed by atoms with Gasteiger partial charge in [0, 0.05) is 6.04 Å². The van der Waals surface area contributed by atoms with Gasteiger partial charge in [-0.25, -0.2) is 0 Å². The summed E-state index contributed by atoms with van der Waals surface area (Å²) in [5, 5.41) is 2.65. The maximum Gasteiger partial charge on any atom is 0.309 e. The van der Waals surface area contributed by atoms with Crippen LogP contribution >= 0.6 is 0 Å². The van der Waals surface area contributed by atoms with Crippen LogP contribution in [0.5, 0.6) is 0 Å². The lowest BCUT2D eigenvalue weighted by Gasteiger charge is -2.24. The van der Waals surface area contributed by atoms with Crippen LogP contribution in [0.3, 0.4) is 0 Å². The third-order valence-electron chi connectivity index (χ3n) is 2.91. The molecule has 0 fully saturated rings. The van der Waals surface area contributed by atoms with E-state index in [1.165, 1.54) is 11.1 Å². The van der Waals surface area contributed by atoms with Gasteiger partial charge in [-0.15, -0.1) is 0 Å². The molecule has 1 aliphatic carbocycles. The molecule has 16 heavy (non-hydrogen) atoms. The van der Waals surface area contributed by atoms with Crippen molar-refractivity contribution in [3.8, 4) is 0 Å². The topological polar surface area (TPSA) is 72.2 Å². The zero-order valence-corrected chi connectivity index (χ0v) is 8.90. The summed E-state index contributed by atoms with van der Waals surface area (Å²) < 4.78 is 0. The fraction of sp³-hybridized carbons (Fsp3) is 0.333. The number of hydrogen-bond acceptors (Lipinski definition) is 2. The van der Waals surface area contributed by atoms with Gasteiger partial charge in [-0.2, -0.15) is 0 Å². The highest BCUT2D eigenvalue weighted by Gasteiger charge is 2.21.